The van der Waals surface area contributed by atoms with Crippen molar-refractivity contribution in [2.75, 3.05) is 13.2 Å². The molecule has 0 bridgehead atoms. The number of unbranched alkanes of at least 4 members (excludes halogenated alkanes) is 24. The van der Waals surface area contributed by atoms with E-state index in [1.807, 2.05) is 0 Å². The van der Waals surface area contributed by atoms with E-state index in [4.69, 9.17) is 14.2 Å². The lowest BCUT2D eigenvalue weighted by Gasteiger charge is -2.18. The van der Waals surface area contributed by atoms with Crippen LogP contribution in [0.4, 0.5) is 0 Å². The van der Waals surface area contributed by atoms with Crippen LogP contribution in [0.5, 0.6) is 0 Å². The fraction of sp³-hybridized carbons (Fsp3) is 0.698. The van der Waals surface area contributed by atoms with Gasteiger partial charge in [0.05, 0.1) is 0 Å². The van der Waals surface area contributed by atoms with Gasteiger partial charge in [0, 0.05) is 19.3 Å². The van der Waals surface area contributed by atoms with Crippen molar-refractivity contribution in [1.29, 1.82) is 0 Å². The molecule has 0 unspecified atom stereocenters. The highest BCUT2D eigenvalue weighted by molar-refractivity contribution is 5.71. The first-order valence-corrected chi connectivity index (χ1v) is 28.7. The lowest BCUT2D eigenvalue weighted by molar-refractivity contribution is -0.167. The average Bonchev–Trinajstić information content (AvgIpc) is 3.35. The van der Waals surface area contributed by atoms with Crippen LogP contribution in [0.15, 0.2) is 97.2 Å². The molecule has 0 heterocycles. The molecule has 0 saturated carbocycles. The van der Waals surface area contributed by atoms with Gasteiger partial charge in [0.15, 0.2) is 6.10 Å². The summed E-state index contributed by atoms with van der Waals surface area (Å²) in [4.78, 5) is 38.2. The molecule has 0 aliphatic heterocycles. The smallest absolute Gasteiger partial charge is 0.306 e. The van der Waals surface area contributed by atoms with Gasteiger partial charge < -0.3 is 14.2 Å². The van der Waals surface area contributed by atoms with Crippen molar-refractivity contribution in [2.24, 2.45) is 0 Å². The van der Waals surface area contributed by atoms with Crippen LogP contribution in [0.3, 0.4) is 0 Å². The summed E-state index contributed by atoms with van der Waals surface area (Å²) in [5.74, 6) is -0.945. The highest BCUT2D eigenvalue weighted by Crippen LogP contribution is 2.14. The van der Waals surface area contributed by atoms with E-state index in [-0.39, 0.29) is 31.1 Å². The zero-order valence-electron chi connectivity index (χ0n) is 45.0. The van der Waals surface area contributed by atoms with Gasteiger partial charge in [-0.2, -0.15) is 0 Å². The summed E-state index contributed by atoms with van der Waals surface area (Å²) in [5.41, 5.74) is 0. The van der Waals surface area contributed by atoms with Gasteiger partial charge in [-0.3, -0.25) is 14.4 Å². The summed E-state index contributed by atoms with van der Waals surface area (Å²) in [6, 6.07) is 0. The molecule has 0 radical (unpaired) electrons. The van der Waals surface area contributed by atoms with Gasteiger partial charge in [0.1, 0.15) is 13.2 Å². The van der Waals surface area contributed by atoms with Crippen LogP contribution in [-0.4, -0.2) is 37.2 Å². The molecule has 6 heteroatoms. The van der Waals surface area contributed by atoms with Crippen molar-refractivity contribution in [3.8, 4) is 0 Å². The second-order valence-corrected chi connectivity index (χ2v) is 18.8. The Morgan fingerprint density at radius 3 is 0.942 bits per heavy atom. The fourth-order valence-corrected chi connectivity index (χ4v) is 7.73. The quantitative estimate of drug-likeness (QED) is 0.0262. The summed E-state index contributed by atoms with van der Waals surface area (Å²) in [6.07, 6.45) is 75.3. The van der Waals surface area contributed by atoms with Crippen LogP contribution in [0.2, 0.25) is 0 Å². The predicted molar refractivity (Wildman–Crippen MR) is 297 cm³/mol. The van der Waals surface area contributed by atoms with Gasteiger partial charge >= 0.3 is 17.9 Å². The van der Waals surface area contributed by atoms with E-state index in [1.54, 1.807) is 0 Å². The third kappa shape index (κ3) is 55.1. The minimum absolute atomic E-state index is 0.0976. The third-order valence-corrected chi connectivity index (χ3v) is 12.0. The van der Waals surface area contributed by atoms with Gasteiger partial charge in [-0.1, -0.05) is 221 Å². The molecule has 394 valence electrons. The van der Waals surface area contributed by atoms with Crippen LogP contribution in [-0.2, 0) is 28.6 Å². The molecule has 0 rings (SSSR count). The normalized spacial score (nSPS) is 12.8. The Hall–Kier alpha value is -3.67. The lowest BCUT2D eigenvalue weighted by Crippen LogP contribution is -2.30. The van der Waals surface area contributed by atoms with Gasteiger partial charge in [0.2, 0.25) is 0 Å². The van der Waals surface area contributed by atoms with Crippen LogP contribution in [0.25, 0.3) is 0 Å². The first-order chi connectivity index (χ1) is 34.0. The van der Waals surface area contributed by atoms with E-state index < -0.39 is 6.10 Å². The summed E-state index contributed by atoms with van der Waals surface area (Å²) < 4.78 is 16.8. The number of ether oxygens (including phenoxy) is 3. The molecule has 0 spiro atoms. The van der Waals surface area contributed by atoms with Crippen molar-refractivity contribution < 1.29 is 28.6 Å². The topological polar surface area (TPSA) is 78.9 Å². The number of esters is 3. The molecule has 69 heavy (non-hydrogen) atoms. The van der Waals surface area contributed by atoms with E-state index in [1.165, 1.54) is 103 Å². The Kier molecular flexibility index (Phi) is 53.9. The maximum atomic E-state index is 12.9. The summed E-state index contributed by atoms with van der Waals surface area (Å²) in [7, 11) is 0. The molecular weight excluding hydrogens is 853 g/mol. The molecule has 0 aliphatic carbocycles. The molecule has 6 nitrogen and oxygen atoms in total. The minimum atomic E-state index is -0.801. The van der Waals surface area contributed by atoms with Crippen LogP contribution in [0.1, 0.15) is 265 Å². The van der Waals surface area contributed by atoms with E-state index in [0.717, 1.165) is 122 Å². The van der Waals surface area contributed by atoms with Crippen molar-refractivity contribution in [3.63, 3.8) is 0 Å². The lowest BCUT2D eigenvalue weighted by atomic mass is 10.1. The van der Waals surface area contributed by atoms with Gasteiger partial charge in [-0.15, -0.1) is 0 Å². The molecule has 0 saturated heterocycles. The standard InChI is InChI=1S/C63H106O6/c1-4-7-10-13-16-19-22-25-28-30-31-33-35-38-41-44-47-50-53-56-62(65)68-59-60(58-67-61(64)55-52-49-46-43-40-37-34-27-24-21-18-15-12-9-6-3)69-63(66)57-54-51-48-45-42-39-36-32-29-26-23-20-17-14-11-8-5-2/h7,10,16,18-19,21,25-29,31,33-34,38,41,60H,4-6,8-9,11-15,17,20,22-24,30,32,35-37,39-40,42-59H2,1-3H3/b10-7-,19-16-,21-18-,28-25-,29-26-,33-31-,34-27-,41-38-/t60-/m0/s1. The molecule has 0 aromatic heterocycles. The number of carbonyl (C=O) groups excluding carboxylic acids is 3. The molecule has 0 N–H and O–H groups in total. The first-order valence-electron chi connectivity index (χ1n) is 28.7. The van der Waals surface area contributed by atoms with Gasteiger partial charge in [-0.25, -0.2) is 0 Å². The number of hydrogen-bond donors (Lipinski definition) is 0. The second kappa shape index (κ2) is 56.9. The Labute approximate surface area is 426 Å². The molecule has 0 aliphatic rings. The Bertz CT molecular complexity index is 1380. The third-order valence-electron chi connectivity index (χ3n) is 12.0. The van der Waals surface area contributed by atoms with Gasteiger partial charge in [-0.05, 0) is 122 Å². The molecule has 0 fully saturated rings. The second-order valence-electron chi connectivity index (χ2n) is 18.8. The Balaban J connectivity index is 4.48. The van der Waals surface area contributed by atoms with Crippen LogP contribution in [0, 0.1) is 0 Å². The van der Waals surface area contributed by atoms with Crippen LogP contribution < -0.4 is 0 Å². The summed E-state index contributed by atoms with van der Waals surface area (Å²) >= 11 is 0. The fourth-order valence-electron chi connectivity index (χ4n) is 7.73. The number of carbonyl (C=O) groups is 3. The molecular formula is C63H106O6. The van der Waals surface area contributed by atoms with Crippen molar-refractivity contribution in [3.05, 3.63) is 97.2 Å². The maximum absolute atomic E-state index is 12.9. The average molecular weight is 960 g/mol. The summed E-state index contributed by atoms with van der Waals surface area (Å²) in [6.45, 7) is 6.46. The number of rotatable bonds is 51. The van der Waals surface area contributed by atoms with Crippen molar-refractivity contribution in [2.45, 2.75) is 271 Å². The van der Waals surface area contributed by atoms with E-state index in [9.17, 15) is 14.4 Å². The Morgan fingerprint density at radius 1 is 0.304 bits per heavy atom. The van der Waals surface area contributed by atoms with Crippen LogP contribution >= 0.6 is 0 Å². The molecule has 0 aromatic carbocycles. The largest absolute Gasteiger partial charge is 0.462 e. The first kappa shape index (κ1) is 65.3. The number of hydrogen-bond acceptors (Lipinski definition) is 6. The Morgan fingerprint density at radius 2 is 0.565 bits per heavy atom. The minimum Gasteiger partial charge on any atom is -0.462 e. The number of allylic oxidation sites excluding steroid dienone is 16. The van der Waals surface area contributed by atoms with E-state index in [0.29, 0.717) is 19.3 Å². The van der Waals surface area contributed by atoms with Crippen molar-refractivity contribution >= 4 is 17.9 Å². The van der Waals surface area contributed by atoms with E-state index >= 15 is 0 Å². The highest BCUT2D eigenvalue weighted by Gasteiger charge is 2.19. The monoisotopic (exact) mass is 959 g/mol. The maximum Gasteiger partial charge on any atom is 0.306 e. The van der Waals surface area contributed by atoms with E-state index in [2.05, 4.69) is 118 Å². The molecule has 0 amide bonds. The summed E-state index contributed by atoms with van der Waals surface area (Å²) in [5, 5.41) is 0. The van der Waals surface area contributed by atoms with Gasteiger partial charge in [0.25, 0.3) is 0 Å². The zero-order chi connectivity index (χ0) is 50.0. The highest BCUT2D eigenvalue weighted by atomic mass is 16.6. The van der Waals surface area contributed by atoms with Crippen molar-refractivity contribution in [1.82, 2.24) is 0 Å². The zero-order valence-corrected chi connectivity index (χ0v) is 45.0. The predicted octanol–water partition coefficient (Wildman–Crippen LogP) is 19.3. The molecule has 1 atom stereocenters. The SMILES string of the molecule is CC/C=C\C/C=C\C/C=C\C/C=C\C/C=C\CCCCCC(=O)OC[C@H](COC(=O)CCCCCCC/C=C\C/C=C\CCCCC)OC(=O)CCCCCCCCC/C=C\CCCCCCCC. The molecule has 0 aromatic rings.